The average molecular weight is 226 g/mol. The Hall–Kier alpha value is -0.570. The van der Waals surface area contributed by atoms with Crippen molar-refractivity contribution in [3.63, 3.8) is 0 Å². The zero-order valence-electron chi connectivity index (χ0n) is 10.9. The van der Waals surface area contributed by atoms with Crippen molar-refractivity contribution in [1.82, 2.24) is 5.32 Å². The molecule has 1 fully saturated rings. The molecule has 1 rings (SSSR count). The molecular weight excluding hydrogens is 200 g/mol. The zero-order valence-corrected chi connectivity index (χ0v) is 10.9. The highest BCUT2D eigenvalue weighted by atomic mass is 16.1. The number of nitrogens with one attached hydrogen (secondary N) is 1. The van der Waals surface area contributed by atoms with Gasteiger partial charge in [0.1, 0.15) is 0 Å². The maximum atomic E-state index is 11.7. The van der Waals surface area contributed by atoms with Crippen molar-refractivity contribution < 1.29 is 4.79 Å². The van der Waals surface area contributed by atoms with E-state index in [9.17, 15) is 4.79 Å². The van der Waals surface area contributed by atoms with Crippen molar-refractivity contribution in [1.29, 1.82) is 0 Å². The molecule has 0 unspecified atom stereocenters. The summed E-state index contributed by atoms with van der Waals surface area (Å²) in [6, 6.07) is 0. The number of hydrogen-bond donors (Lipinski definition) is 2. The van der Waals surface area contributed by atoms with Gasteiger partial charge in [-0.3, -0.25) is 4.79 Å². The number of nitrogens with two attached hydrogens (primary N) is 1. The predicted molar refractivity (Wildman–Crippen MR) is 67.0 cm³/mol. The molecule has 0 heterocycles. The fourth-order valence-electron chi connectivity index (χ4n) is 1.97. The summed E-state index contributed by atoms with van der Waals surface area (Å²) >= 11 is 0. The second-order valence-electron chi connectivity index (χ2n) is 6.02. The van der Waals surface area contributed by atoms with Gasteiger partial charge in [0.15, 0.2) is 0 Å². The van der Waals surface area contributed by atoms with Gasteiger partial charge in [0.05, 0.1) is 0 Å². The zero-order chi connectivity index (χ0) is 12.2. The van der Waals surface area contributed by atoms with Gasteiger partial charge >= 0.3 is 0 Å². The largest absolute Gasteiger partial charge is 0.356 e. The lowest BCUT2D eigenvalue weighted by atomic mass is 9.94. The minimum atomic E-state index is 0.171. The van der Waals surface area contributed by atoms with Gasteiger partial charge < -0.3 is 11.1 Å². The summed E-state index contributed by atoms with van der Waals surface area (Å²) in [5, 5.41) is 3.03. The molecule has 16 heavy (non-hydrogen) atoms. The summed E-state index contributed by atoms with van der Waals surface area (Å²) in [5.74, 6) is 1.12. The van der Waals surface area contributed by atoms with E-state index in [0.717, 1.165) is 13.0 Å². The molecule has 1 aliphatic rings. The molecule has 0 saturated heterocycles. The maximum Gasteiger partial charge on any atom is 0.220 e. The first-order valence-electron chi connectivity index (χ1n) is 6.42. The van der Waals surface area contributed by atoms with Crippen LogP contribution in [0, 0.1) is 17.3 Å². The first kappa shape index (κ1) is 13.5. The number of carbonyl (C=O) groups is 1. The molecule has 1 atom stereocenters. The smallest absolute Gasteiger partial charge is 0.220 e. The lowest BCUT2D eigenvalue weighted by molar-refractivity contribution is -0.122. The molecule has 3 N–H and O–H groups in total. The average Bonchev–Trinajstić information content (AvgIpc) is 2.93. The van der Waals surface area contributed by atoms with Crippen LogP contribution in [-0.4, -0.2) is 19.0 Å². The highest BCUT2D eigenvalue weighted by Crippen LogP contribution is 2.44. The van der Waals surface area contributed by atoms with Crippen molar-refractivity contribution in [3.8, 4) is 0 Å². The van der Waals surface area contributed by atoms with E-state index in [1.807, 2.05) is 0 Å². The van der Waals surface area contributed by atoms with E-state index < -0.39 is 0 Å². The van der Waals surface area contributed by atoms with Gasteiger partial charge in [0, 0.05) is 13.0 Å². The monoisotopic (exact) mass is 226 g/mol. The van der Waals surface area contributed by atoms with Gasteiger partial charge in [-0.25, -0.2) is 0 Å². The normalized spacial score (nSPS) is 19.6. The Morgan fingerprint density at radius 1 is 1.44 bits per heavy atom. The molecule has 0 bridgehead atoms. The minimum Gasteiger partial charge on any atom is -0.356 e. The Kier molecular flexibility index (Phi) is 4.78. The van der Waals surface area contributed by atoms with Gasteiger partial charge in [-0.15, -0.1) is 0 Å². The molecule has 0 aromatic heterocycles. The predicted octanol–water partition coefficient (Wildman–Crippen LogP) is 1.91. The van der Waals surface area contributed by atoms with Crippen molar-refractivity contribution in [2.24, 2.45) is 23.0 Å². The molecule has 3 heteroatoms. The molecule has 0 aromatic rings. The first-order chi connectivity index (χ1) is 7.45. The van der Waals surface area contributed by atoms with Crippen molar-refractivity contribution >= 4 is 5.91 Å². The summed E-state index contributed by atoms with van der Waals surface area (Å²) in [6.07, 6.45) is 4.13. The van der Waals surface area contributed by atoms with E-state index in [0.29, 0.717) is 30.2 Å². The van der Waals surface area contributed by atoms with Crippen LogP contribution < -0.4 is 11.1 Å². The summed E-state index contributed by atoms with van der Waals surface area (Å²) in [4.78, 5) is 11.7. The molecule has 1 aliphatic carbocycles. The van der Waals surface area contributed by atoms with Gasteiger partial charge in [-0.05, 0) is 43.1 Å². The molecule has 0 spiro atoms. The fourth-order valence-corrected chi connectivity index (χ4v) is 1.97. The van der Waals surface area contributed by atoms with Crippen LogP contribution in [0.1, 0.15) is 46.5 Å². The Morgan fingerprint density at radius 2 is 2.06 bits per heavy atom. The molecule has 3 nitrogen and oxygen atoms in total. The third kappa shape index (κ3) is 4.97. The van der Waals surface area contributed by atoms with Crippen molar-refractivity contribution in [3.05, 3.63) is 0 Å². The van der Waals surface area contributed by atoms with Crippen LogP contribution in [0.2, 0.25) is 0 Å². The van der Waals surface area contributed by atoms with Crippen LogP contribution in [0.4, 0.5) is 0 Å². The Balaban J connectivity index is 2.20. The van der Waals surface area contributed by atoms with Gasteiger partial charge in [-0.1, -0.05) is 20.8 Å². The molecule has 0 aromatic carbocycles. The number of hydrogen-bond acceptors (Lipinski definition) is 2. The fraction of sp³-hybridized carbons (Fsp3) is 0.923. The molecule has 1 amide bonds. The standard InChI is InChI=1S/C13H26N2O/c1-10(2)6-11(8-14)7-12(16)15-9-13(3)4-5-13/h10-11H,4-9,14H2,1-3H3,(H,15,16)/t11-/m0/s1. The Morgan fingerprint density at radius 3 is 2.50 bits per heavy atom. The minimum absolute atomic E-state index is 0.171. The van der Waals surface area contributed by atoms with Gasteiger partial charge in [-0.2, -0.15) is 0 Å². The van der Waals surface area contributed by atoms with Gasteiger partial charge in [0.25, 0.3) is 0 Å². The summed E-state index contributed by atoms with van der Waals surface area (Å²) in [5.41, 5.74) is 6.08. The van der Waals surface area contributed by atoms with E-state index in [4.69, 9.17) is 5.73 Å². The van der Waals surface area contributed by atoms with Crippen molar-refractivity contribution in [2.45, 2.75) is 46.5 Å². The first-order valence-corrected chi connectivity index (χ1v) is 6.42. The van der Waals surface area contributed by atoms with Crippen molar-refractivity contribution in [2.75, 3.05) is 13.1 Å². The molecule has 1 saturated carbocycles. The van der Waals surface area contributed by atoms with Crippen LogP contribution in [0.25, 0.3) is 0 Å². The van der Waals surface area contributed by atoms with Crippen LogP contribution in [-0.2, 0) is 4.79 Å². The third-order valence-electron chi connectivity index (χ3n) is 3.43. The lowest BCUT2D eigenvalue weighted by Gasteiger charge is -2.17. The van der Waals surface area contributed by atoms with Crippen LogP contribution in [0.3, 0.4) is 0 Å². The van der Waals surface area contributed by atoms with E-state index in [2.05, 4.69) is 26.1 Å². The highest BCUT2D eigenvalue weighted by Gasteiger charge is 2.37. The van der Waals surface area contributed by atoms with Crippen LogP contribution in [0.5, 0.6) is 0 Å². The topological polar surface area (TPSA) is 55.1 Å². The van der Waals surface area contributed by atoms with Crippen LogP contribution in [0.15, 0.2) is 0 Å². The second-order valence-corrected chi connectivity index (χ2v) is 6.02. The summed E-state index contributed by atoms with van der Waals surface area (Å²) in [6.45, 7) is 8.02. The number of rotatable bonds is 7. The van der Waals surface area contributed by atoms with E-state index in [1.165, 1.54) is 12.8 Å². The highest BCUT2D eigenvalue weighted by molar-refractivity contribution is 5.76. The third-order valence-corrected chi connectivity index (χ3v) is 3.43. The summed E-state index contributed by atoms with van der Waals surface area (Å²) in [7, 11) is 0. The van der Waals surface area contributed by atoms with Gasteiger partial charge in [0.2, 0.25) is 5.91 Å². The number of carbonyl (C=O) groups excluding carboxylic acids is 1. The van der Waals surface area contributed by atoms with E-state index in [-0.39, 0.29) is 5.91 Å². The Bertz CT molecular complexity index is 234. The summed E-state index contributed by atoms with van der Waals surface area (Å²) < 4.78 is 0. The second kappa shape index (κ2) is 5.67. The molecular formula is C13H26N2O. The number of amides is 1. The quantitative estimate of drug-likeness (QED) is 0.697. The lowest BCUT2D eigenvalue weighted by Crippen LogP contribution is -2.32. The molecule has 94 valence electrons. The van der Waals surface area contributed by atoms with E-state index in [1.54, 1.807) is 0 Å². The SMILES string of the molecule is CC(C)C[C@H](CN)CC(=O)NCC1(C)CC1. The van der Waals surface area contributed by atoms with E-state index >= 15 is 0 Å². The molecule has 0 aliphatic heterocycles. The Labute approximate surface area is 99.2 Å². The maximum absolute atomic E-state index is 11.7. The van der Waals surface area contributed by atoms with Crippen LogP contribution >= 0.6 is 0 Å². The molecule has 0 radical (unpaired) electrons.